The third kappa shape index (κ3) is 3.60. The molecule has 2 aromatic carbocycles. The highest BCUT2D eigenvalue weighted by molar-refractivity contribution is 5.83. The van der Waals surface area contributed by atoms with Gasteiger partial charge in [-0.15, -0.1) is 0 Å². The molecule has 0 bridgehead atoms. The van der Waals surface area contributed by atoms with Crippen molar-refractivity contribution in [1.29, 1.82) is 0 Å². The van der Waals surface area contributed by atoms with Crippen molar-refractivity contribution in [1.82, 2.24) is 0 Å². The number of nitrogens with zero attached hydrogens (tertiary/aromatic N) is 1. The van der Waals surface area contributed by atoms with Gasteiger partial charge in [0.2, 0.25) is 0 Å². The van der Waals surface area contributed by atoms with E-state index in [1.807, 2.05) is 24.3 Å². The molecular weight excluding hydrogens is 250 g/mol. The number of rotatable bonds is 5. The highest BCUT2D eigenvalue weighted by atomic mass is 16.5. The van der Waals surface area contributed by atoms with Gasteiger partial charge in [-0.25, -0.2) is 0 Å². The molecule has 3 nitrogen and oxygen atoms in total. The number of benzene rings is 2. The summed E-state index contributed by atoms with van der Waals surface area (Å²) in [5.41, 5.74) is 3.11. The van der Waals surface area contributed by atoms with Crippen LogP contribution in [0.4, 0.5) is 0 Å². The molecule has 0 aromatic heterocycles. The second-order valence-corrected chi connectivity index (χ2v) is 4.66. The first-order valence-corrected chi connectivity index (χ1v) is 6.62. The number of hydrogen-bond acceptors (Lipinski definition) is 3. The van der Waals surface area contributed by atoms with E-state index in [4.69, 9.17) is 4.74 Å². The standard InChI is InChI=1S/C17H19NO2/c1-13-7-8-17(20-2)14(11-13)9-10-18-12-15-5-3-4-6-16(15)19/h3-8,11-12,19H,9-10H2,1-2H3. The lowest BCUT2D eigenvalue weighted by molar-refractivity contribution is 0.409. The molecule has 2 rings (SSSR count). The summed E-state index contributed by atoms with van der Waals surface area (Å²) >= 11 is 0. The Morgan fingerprint density at radius 2 is 2.00 bits per heavy atom. The summed E-state index contributed by atoms with van der Waals surface area (Å²) in [4.78, 5) is 4.36. The van der Waals surface area contributed by atoms with Gasteiger partial charge in [0, 0.05) is 18.3 Å². The fourth-order valence-electron chi connectivity index (χ4n) is 2.05. The van der Waals surface area contributed by atoms with Crippen LogP contribution in [0.3, 0.4) is 0 Å². The van der Waals surface area contributed by atoms with Crippen molar-refractivity contribution in [3.63, 3.8) is 0 Å². The number of methoxy groups -OCH3 is 1. The predicted octanol–water partition coefficient (Wildman–Crippen LogP) is 3.37. The smallest absolute Gasteiger partial charge is 0.124 e. The molecule has 0 saturated carbocycles. The number of hydrogen-bond donors (Lipinski definition) is 1. The Hall–Kier alpha value is -2.29. The molecule has 0 aliphatic rings. The number of phenols is 1. The minimum Gasteiger partial charge on any atom is -0.507 e. The van der Waals surface area contributed by atoms with Crippen molar-refractivity contribution in [2.75, 3.05) is 13.7 Å². The van der Waals surface area contributed by atoms with E-state index in [0.717, 1.165) is 23.3 Å². The van der Waals surface area contributed by atoms with Crippen LogP contribution >= 0.6 is 0 Å². The van der Waals surface area contributed by atoms with E-state index < -0.39 is 0 Å². The molecule has 0 atom stereocenters. The Kier molecular flexibility index (Phi) is 4.77. The summed E-state index contributed by atoms with van der Waals surface area (Å²) in [6.45, 7) is 2.72. The molecule has 104 valence electrons. The van der Waals surface area contributed by atoms with Crippen molar-refractivity contribution < 1.29 is 9.84 Å². The van der Waals surface area contributed by atoms with Crippen LogP contribution in [-0.4, -0.2) is 25.0 Å². The van der Waals surface area contributed by atoms with E-state index in [-0.39, 0.29) is 5.75 Å². The quantitative estimate of drug-likeness (QED) is 0.846. The second-order valence-electron chi connectivity index (χ2n) is 4.66. The summed E-state index contributed by atoms with van der Waals surface area (Å²) in [5, 5.41) is 9.63. The number of aryl methyl sites for hydroxylation is 1. The molecule has 0 amide bonds. The topological polar surface area (TPSA) is 41.8 Å². The van der Waals surface area contributed by atoms with Gasteiger partial charge in [0.15, 0.2) is 0 Å². The summed E-state index contributed by atoms with van der Waals surface area (Å²) in [6.07, 6.45) is 2.52. The Morgan fingerprint density at radius 1 is 1.20 bits per heavy atom. The maximum Gasteiger partial charge on any atom is 0.124 e. The first-order chi connectivity index (χ1) is 9.70. The summed E-state index contributed by atoms with van der Waals surface area (Å²) < 4.78 is 5.34. The van der Waals surface area contributed by atoms with Gasteiger partial charge in [0.25, 0.3) is 0 Å². The number of aromatic hydroxyl groups is 1. The molecular formula is C17H19NO2. The normalized spacial score (nSPS) is 10.9. The van der Waals surface area contributed by atoms with Crippen LogP contribution in [0.5, 0.6) is 11.5 Å². The first kappa shape index (κ1) is 14.1. The van der Waals surface area contributed by atoms with E-state index in [9.17, 15) is 5.11 Å². The SMILES string of the molecule is COc1ccc(C)cc1CCN=Cc1ccccc1O. The fraction of sp³-hybridized carbons (Fsp3) is 0.235. The van der Waals surface area contributed by atoms with Gasteiger partial charge >= 0.3 is 0 Å². The molecule has 0 fully saturated rings. The van der Waals surface area contributed by atoms with E-state index in [0.29, 0.717) is 6.54 Å². The molecule has 0 aliphatic carbocycles. The predicted molar refractivity (Wildman–Crippen MR) is 82.0 cm³/mol. The Bertz CT molecular complexity index is 606. The molecule has 0 saturated heterocycles. The molecule has 0 unspecified atom stereocenters. The van der Waals surface area contributed by atoms with E-state index in [1.165, 1.54) is 5.56 Å². The molecule has 3 heteroatoms. The van der Waals surface area contributed by atoms with Gasteiger partial charge in [-0.1, -0.05) is 29.8 Å². The zero-order chi connectivity index (χ0) is 14.4. The van der Waals surface area contributed by atoms with Crippen molar-refractivity contribution in [3.05, 3.63) is 59.2 Å². The van der Waals surface area contributed by atoms with Crippen molar-refractivity contribution in [2.45, 2.75) is 13.3 Å². The van der Waals surface area contributed by atoms with Crippen LogP contribution in [0.25, 0.3) is 0 Å². The largest absolute Gasteiger partial charge is 0.507 e. The van der Waals surface area contributed by atoms with Crippen LogP contribution < -0.4 is 4.74 Å². The van der Waals surface area contributed by atoms with Gasteiger partial charge in [-0.05, 0) is 37.1 Å². The summed E-state index contributed by atoms with van der Waals surface area (Å²) in [5.74, 6) is 1.15. The first-order valence-electron chi connectivity index (χ1n) is 6.62. The maximum atomic E-state index is 9.63. The van der Waals surface area contributed by atoms with Crippen molar-refractivity contribution >= 4 is 6.21 Å². The number of phenolic OH excluding ortho intramolecular Hbond substituents is 1. The lowest BCUT2D eigenvalue weighted by Gasteiger charge is -2.08. The van der Waals surface area contributed by atoms with Gasteiger partial charge in [0.1, 0.15) is 11.5 Å². The number of para-hydroxylation sites is 1. The van der Waals surface area contributed by atoms with E-state index in [1.54, 1.807) is 25.5 Å². The van der Waals surface area contributed by atoms with E-state index >= 15 is 0 Å². The average molecular weight is 269 g/mol. The summed E-state index contributed by atoms with van der Waals surface area (Å²) in [7, 11) is 1.68. The number of ether oxygens (including phenoxy) is 1. The molecule has 0 heterocycles. The number of aliphatic imine (C=N–C) groups is 1. The van der Waals surface area contributed by atoms with Crippen LogP contribution in [0.2, 0.25) is 0 Å². The Morgan fingerprint density at radius 3 is 2.75 bits per heavy atom. The van der Waals surface area contributed by atoms with Crippen LogP contribution in [0, 0.1) is 6.92 Å². The lowest BCUT2D eigenvalue weighted by Crippen LogP contribution is -1.96. The third-order valence-corrected chi connectivity index (χ3v) is 3.11. The van der Waals surface area contributed by atoms with Gasteiger partial charge in [-0.3, -0.25) is 4.99 Å². The fourth-order valence-corrected chi connectivity index (χ4v) is 2.05. The average Bonchev–Trinajstić information content (AvgIpc) is 2.45. The zero-order valence-corrected chi connectivity index (χ0v) is 11.8. The lowest BCUT2D eigenvalue weighted by atomic mass is 10.1. The minimum absolute atomic E-state index is 0.254. The molecule has 0 spiro atoms. The van der Waals surface area contributed by atoms with Crippen LogP contribution in [0.15, 0.2) is 47.5 Å². The molecule has 2 aromatic rings. The Labute approximate surface area is 119 Å². The van der Waals surface area contributed by atoms with Gasteiger partial charge < -0.3 is 9.84 Å². The zero-order valence-electron chi connectivity index (χ0n) is 11.8. The second kappa shape index (κ2) is 6.75. The van der Waals surface area contributed by atoms with Gasteiger partial charge in [0.05, 0.1) is 7.11 Å². The minimum atomic E-state index is 0.254. The van der Waals surface area contributed by atoms with Crippen molar-refractivity contribution in [2.24, 2.45) is 4.99 Å². The third-order valence-electron chi connectivity index (χ3n) is 3.11. The van der Waals surface area contributed by atoms with Gasteiger partial charge in [-0.2, -0.15) is 0 Å². The highest BCUT2D eigenvalue weighted by Crippen LogP contribution is 2.20. The maximum absolute atomic E-state index is 9.63. The van der Waals surface area contributed by atoms with Crippen molar-refractivity contribution in [3.8, 4) is 11.5 Å². The Balaban J connectivity index is 2.00. The molecule has 0 radical (unpaired) electrons. The van der Waals surface area contributed by atoms with Crippen LogP contribution in [-0.2, 0) is 6.42 Å². The molecule has 0 aliphatic heterocycles. The molecule has 20 heavy (non-hydrogen) atoms. The van der Waals surface area contributed by atoms with Crippen LogP contribution in [0.1, 0.15) is 16.7 Å². The van der Waals surface area contributed by atoms with E-state index in [2.05, 4.69) is 18.0 Å². The molecule has 1 N–H and O–H groups in total. The monoisotopic (exact) mass is 269 g/mol. The summed E-state index contributed by atoms with van der Waals surface area (Å²) in [6, 6.07) is 13.3. The highest BCUT2D eigenvalue weighted by Gasteiger charge is 2.02.